The summed E-state index contributed by atoms with van der Waals surface area (Å²) in [5.41, 5.74) is -1.07. The minimum absolute atomic E-state index is 0.114. The third-order valence-electron chi connectivity index (χ3n) is 6.76. The van der Waals surface area contributed by atoms with Gasteiger partial charge in [0.05, 0.1) is 16.5 Å². The van der Waals surface area contributed by atoms with Crippen LogP contribution in [0.25, 0.3) is 0 Å². The number of nitro groups is 1. The molecule has 0 radical (unpaired) electrons. The van der Waals surface area contributed by atoms with Crippen molar-refractivity contribution in [3.63, 3.8) is 0 Å². The lowest BCUT2D eigenvalue weighted by Crippen LogP contribution is -2.46. The number of benzene rings is 4. The fourth-order valence-electron chi connectivity index (χ4n) is 4.53. The molecule has 2 unspecified atom stereocenters. The maximum Gasteiger partial charge on any atom is 0.416 e. The summed E-state index contributed by atoms with van der Waals surface area (Å²) < 4.78 is 73.9. The van der Waals surface area contributed by atoms with Crippen LogP contribution in [-0.2, 0) is 38.6 Å². The van der Waals surface area contributed by atoms with Crippen LogP contribution in [0.3, 0.4) is 0 Å². The van der Waals surface area contributed by atoms with E-state index in [1.165, 1.54) is 0 Å². The average Bonchev–Trinajstić information content (AvgIpc) is 3.03. The van der Waals surface area contributed by atoms with Gasteiger partial charge in [-0.1, -0.05) is 78.9 Å². The van der Waals surface area contributed by atoms with Gasteiger partial charge in [0.2, 0.25) is 10.0 Å². The lowest BCUT2D eigenvalue weighted by Gasteiger charge is -2.22. The number of nitro benzene ring substituents is 1. The van der Waals surface area contributed by atoms with E-state index < -0.39 is 61.2 Å². The molecule has 0 saturated carbocycles. The van der Waals surface area contributed by atoms with E-state index in [1.807, 2.05) is 18.2 Å². The van der Waals surface area contributed by atoms with E-state index in [-0.39, 0.29) is 25.5 Å². The van der Waals surface area contributed by atoms with Crippen molar-refractivity contribution in [1.29, 1.82) is 0 Å². The average molecular weight is 656 g/mol. The third-order valence-corrected chi connectivity index (χ3v) is 8.28. The number of alkyl halides is 3. The lowest BCUT2D eigenvalue weighted by atomic mass is 10.1. The minimum Gasteiger partial charge on any atom is -0.462 e. The maximum absolute atomic E-state index is 13.4. The fourth-order valence-corrected chi connectivity index (χ4v) is 5.87. The number of sulfonamides is 1. The fraction of sp³-hybridized carbons (Fsp3) is 0.188. The summed E-state index contributed by atoms with van der Waals surface area (Å²) in [5, 5.41) is 14.4. The van der Waals surface area contributed by atoms with Gasteiger partial charge in [0.25, 0.3) is 11.6 Å². The highest BCUT2D eigenvalue weighted by atomic mass is 32.2. The van der Waals surface area contributed by atoms with E-state index in [0.29, 0.717) is 23.3 Å². The Morgan fingerprint density at radius 3 is 1.91 bits per heavy atom. The van der Waals surface area contributed by atoms with Gasteiger partial charge < -0.3 is 10.1 Å². The van der Waals surface area contributed by atoms with Crippen molar-refractivity contribution in [2.24, 2.45) is 0 Å². The smallest absolute Gasteiger partial charge is 0.416 e. The molecule has 4 aromatic rings. The van der Waals surface area contributed by atoms with Crippen molar-refractivity contribution < 1.29 is 40.8 Å². The highest BCUT2D eigenvalue weighted by Gasteiger charge is 2.37. The van der Waals surface area contributed by atoms with E-state index in [1.54, 1.807) is 72.8 Å². The van der Waals surface area contributed by atoms with Gasteiger partial charge in [0.1, 0.15) is 12.6 Å². The molecule has 0 fully saturated rings. The molecule has 2 N–H and O–H groups in total. The molecular weight excluding hydrogens is 627 g/mol. The molecule has 0 aromatic heterocycles. The first-order valence-electron chi connectivity index (χ1n) is 13.8. The predicted molar refractivity (Wildman–Crippen MR) is 161 cm³/mol. The van der Waals surface area contributed by atoms with Crippen LogP contribution < -0.4 is 10.0 Å². The highest BCUT2D eigenvalue weighted by molar-refractivity contribution is 7.89. The Labute approximate surface area is 262 Å². The van der Waals surface area contributed by atoms with E-state index in [0.717, 1.165) is 5.56 Å². The zero-order valence-corrected chi connectivity index (χ0v) is 24.8. The van der Waals surface area contributed by atoms with Crippen LogP contribution in [0, 0.1) is 10.1 Å². The minimum atomic E-state index is -4.97. The first kappa shape index (κ1) is 33.8. The van der Waals surface area contributed by atoms with Crippen LogP contribution in [0.15, 0.2) is 114 Å². The second-order valence-corrected chi connectivity index (χ2v) is 11.8. The molecule has 0 heterocycles. The van der Waals surface area contributed by atoms with Gasteiger partial charge in [0, 0.05) is 11.6 Å². The molecule has 0 aliphatic rings. The molecule has 10 nitrogen and oxygen atoms in total. The number of rotatable bonds is 13. The summed E-state index contributed by atoms with van der Waals surface area (Å²) in [6, 6.07) is 24.1. The van der Waals surface area contributed by atoms with Crippen LogP contribution in [0.5, 0.6) is 0 Å². The number of nitrogens with zero attached hydrogens (tertiary/aromatic N) is 1. The first-order valence-corrected chi connectivity index (χ1v) is 15.3. The second kappa shape index (κ2) is 14.8. The van der Waals surface area contributed by atoms with Crippen molar-refractivity contribution in [1.82, 2.24) is 10.0 Å². The van der Waals surface area contributed by atoms with Crippen molar-refractivity contribution in [3.05, 3.63) is 142 Å². The van der Waals surface area contributed by atoms with Crippen LogP contribution in [-0.4, -0.2) is 43.9 Å². The number of carbonyl (C=O) groups is 2. The van der Waals surface area contributed by atoms with Crippen molar-refractivity contribution in [2.75, 3.05) is 6.61 Å². The van der Waals surface area contributed by atoms with Crippen LogP contribution >= 0.6 is 0 Å². The standard InChI is InChI=1S/C32H28F3N3O7S/c33-32(34,35)25-16-17-29(28(20-25)38(41)42)46(43,44)37-27(19-23-12-6-2-7-13-23)31(40)45-21-26(18-22-10-4-1-5-11-22)36-30(39)24-14-8-3-9-15-24/h1-17,20,26-27,37H,18-19,21H2,(H,36,39). The van der Waals surface area contributed by atoms with Gasteiger partial charge in [-0.25, -0.2) is 8.42 Å². The van der Waals surface area contributed by atoms with E-state index in [9.17, 15) is 41.3 Å². The summed E-state index contributed by atoms with van der Waals surface area (Å²) in [5.74, 6) is -1.51. The van der Waals surface area contributed by atoms with Gasteiger partial charge in [-0.05, 0) is 48.2 Å². The molecule has 0 aliphatic heterocycles. The Morgan fingerprint density at radius 2 is 1.37 bits per heavy atom. The van der Waals surface area contributed by atoms with Crippen LogP contribution in [0.1, 0.15) is 27.0 Å². The number of halogens is 3. The van der Waals surface area contributed by atoms with Crippen LogP contribution in [0.2, 0.25) is 0 Å². The molecule has 4 aromatic carbocycles. The van der Waals surface area contributed by atoms with E-state index in [2.05, 4.69) is 10.0 Å². The molecule has 2 atom stereocenters. The molecule has 0 bridgehead atoms. The quantitative estimate of drug-likeness (QED) is 0.116. The van der Waals surface area contributed by atoms with Gasteiger partial charge in [0.15, 0.2) is 4.90 Å². The number of nitrogens with one attached hydrogen (secondary N) is 2. The number of carbonyl (C=O) groups excluding carboxylic acids is 2. The molecule has 1 amide bonds. The molecule has 0 spiro atoms. The Hall–Kier alpha value is -5.08. The third kappa shape index (κ3) is 9.22. The number of amides is 1. The molecule has 240 valence electrons. The maximum atomic E-state index is 13.4. The molecule has 4 rings (SSSR count). The Morgan fingerprint density at radius 1 is 0.826 bits per heavy atom. The largest absolute Gasteiger partial charge is 0.462 e. The molecule has 0 saturated heterocycles. The van der Waals surface area contributed by atoms with Crippen molar-refractivity contribution in [3.8, 4) is 0 Å². The molecular formula is C32H28F3N3O7S. The first-order chi connectivity index (χ1) is 21.8. The zero-order valence-electron chi connectivity index (χ0n) is 24.0. The summed E-state index contributed by atoms with van der Waals surface area (Å²) >= 11 is 0. The van der Waals surface area contributed by atoms with Crippen molar-refractivity contribution >= 4 is 27.6 Å². The summed E-state index contributed by atoms with van der Waals surface area (Å²) in [7, 11) is -4.93. The van der Waals surface area contributed by atoms with Crippen LogP contribution in [0.4, 0.5) is 18.9 Å². The number of hydrogen-bond donors (Lipinski definition) is 2. The second-order valence-electron chi connectivity index (χ2n) is 10.2. The van der Waals surface area contributed by atoms with Gasteiger partial charge in [-0.3, -0.25) is 19.7 Å². The molecule has 0 aliphatic carbocycles. The highest BCUT2D eigenvalue weighted by Crippen LogP contribution is 2.34. The van der Waals surface area contributed by atoms with E-state index >= 15 is 0 Å². The van der Waals surface area contributed by atoms with E-state index in [4.69, 9.17) is 4.74 Å². The molecule has 46 heavy (non-hydrogen) atoms. The summed E-state index contributed by atoms with van der Waals surface area (Å²) in [4.78, 5) is 35.6. The van der Waals surface area contributed by atoms with Gasteiger partial charge in [-0.2, -0.15) is 17.9 Å². The zero-order chi connectivity index (χ0) is 33.3. The normalized spacial score (nSPS) is 12.9. The lowest BCUT2D eigenvalue weighted by molar-refractivity contribution is -0.388. The Bertz CT molecular complexity index is 1770. The summed E-state index contributed by atoms with van der Waals surface area (Å²) in [6.45, 7) is -0.375. The SMILES string of the molecule is O=C(NC(COC(=O)C(Cc1ccccc1)NS(=O)(=O)c1ccc(C(F)(F)F)cc1[N+](=O)[O-])Cc1ccccc1)c1ccccc1. The Balaban J connectivity index is 1.59. The number of ether oxygens (including phenoxy) is 1. The summed E-state index contributed by atoms with van der Waals surface area (Å²) in [6.07, 6.45) is -4.97. The number of hydrogen-bond acceptors (Lipinski definition) is 7. The van der Waals surface area contributed by atoms with Gasteiger partial charge in [-0.15, -0.1) is 0 Å². The Kier molecular flexibility index (Phi) is 10.9. The predicted octanol–water partition coefficient (Wildman–Crippen LogP) is 5.09. The topological polar surface area (TPSA) is 145 Å². The number of esters is 1. The van der Waals surface area contributed by atoms with Gasteiger partial charge >= 0.3 is 12.1 Å². The monoisotopic (exact) mass is 655 g/mol. The van der Waals surface area contributed by atoms with Crippen molar-refractivity contribution in [2.45, 2.75) is 36.0 Å². The molecule has 14 heteroatoms.